The molecule has 1 fully saturated rings. The molecule has 3 aromatic rings. The van der Waals surface area contributed by atoms with Crippen molar-refractivity contribution in [1.29, 1.82) is 0 Å². The van der Waals surface area contributed by atoms with Gasteiger partial charge >= 0.3 is 0 Å². The van der Waals surface area contributed by atoms with E-state index in [0.717, 1.165) is 16.0 Å². The third kappa shape index (κ3) is 5.91. The summed E-state index contributed by atoms with van der Waals surface area (Å²) in [6.45, 7) is 6.46. The molecule has 3 aromatic carbocycles. The SMILES string of the molecule is C=CCc1cc(/C=C2\C(=O)NC(=S)N(c3cccc(Cl)c3Cl)C2=O)cc(OCC)c1OCc1ccccc1. The molecule has 194 valence electrons. The predicted octanol–water partition coefficient (Wildman–Crippen LogP) is 6.53. The van der Waals surface area contributed by atoms with E-state index in [9.17, 15) is 9.59 Å². The summed E-state index contributed by atoms with van der Waals surface area (Å²) in [5.41, 5.74) is 2.51. The summed E-state index contributed by atoms with van der Waals surface area (Å²) in [5, 5.41) is 2.87. The zero-order valence-electron chi connectivity index (χ0n) is 20.5. The number of nitrogens with zero attached hydrogens (tertiary/aromatic N) is 1. The fourth-order valence-electron chi connectivity index (χ4n) is 3.94. The van der Waals surface area contributed by atoms with Gasteiger partial charge in [-0.25, -0.2) is 0 Å². The molecule has 0 aromatic heterocycles. The first-order valence-electron chi connectivity index (χ1n) is 11.8. The van der Waals surface area contributed by atoms with Crippen LogP contribution in [0.3, 0.4) is 0 Å². The zero-order valence-corrected chi connectivity index (χ0v) is 22.8. The highest BCUT2D eigenvalue weighted by atomic mass is 35.5. The zero-order chi connectivity index (χ0) is 27.2. The van der Waals surface area contributed by atoms with E-state index < -0.39 is 11.8 Å². The first-order chi connectivity index (χ1) is 18.3. The summed E-state index contributed by atoms with van der Waals surface area (Å²) in [6.07, 6.45) is 3.72. The molecule has 1 saturated heterocycles. The minimum atomic E-state index is -0.629. The number of benzene rings is 3. The second-order valence-electron chi connectivity index (χ2n) is 8.24. The molecule has 2 amide bonds. The maximum absolute atomic E-state index is 13.5. The van der Waals surface area contributed by atoms with Gasteiger partial charge in [0.25, 0.3) is 11.8 Å². The Labute approximate surface area is 236 Å². The van der Waals surface area contributed by atoms with Crippen molar-refractivity contribution in [2.45, 2.75) is 20.0 Å². The number of amides is 2. The van der Waals surface area contributed by atoms with E-state index in [2.05, 4.69) is 11.9 Å². The molecule has 0 radical (unpaired) electrons. The fourth-order valence-corrected chi connectivity index (χ4v) is 4.59. The van der Waals surface area contributed by atoms with Gasteiger partial charge in [0.1, 0.15) is 12.2 Å². The van der Waals surface area contributed by atoms with Crippen molar-refractivity contribution < 1.29 is 19.1 Å². The normalized spacial score (nSPS) is 14.4. The Kier molecular flexibility index (Phi) is 8.84. The molecule has 6 nitrogen and oxygen atoms in total. The van der Waals surface area contributed by atoms with E-state index in [0.29, 0.717) is 36.7 Å². The van der Waals surface area contributed by atoms with E-state index in [1.165, 1.54) is 6.08 Å². The largest absolute Gasteiger partial charge is 0.490 e. The Morgan fingerprint density at radius 2 is 1.82 bits per heavy atom. The maximum Gasteiger partial charge on any atom is 0.270 e. The molecule has 0 atom stereocenters. The third-order valence-corrected chi connectivity index (χ3v) is 6.72. The van der Waals surface area contributed by atoms with Crippen LogP contribution in [0.4, 0.5) is 5.69 Å². The van der Waals surface area contributed by atoms with Gasteiger partial charge in [-0.2, -0.15) is 0 Å². The van der Waals surface area contributed by atoms with Gasteiger partial charge in [0, 0.05) is 5.56 Å². The molecule has 1 N–H and O–H groups in total. The molecule has 1 aliphatic heterocycles. The van der Waals surface area contributed by atoms with Crippen molar-refractivity contribution in [1.82, 2.24) is 5.32 Å². The predicted molar refractivity (Wildman–Crippen MR) is 155 cm³/mol. The molecule has 0 bridgehead atoms. The van der Waals surface area contributed by atoms with Crippen molar-refractivity contribution in [3.05, 3.63) is 106 Å². The highest BCUT2D eigenvalue weighted by molar-refractivity contribution is 7.80. The van der Waals surface area contributed by atoms with Crippen molar-refractivity contribution in [3.8, 4) is 11.5 Å². The quantitative estimate of drug-likeness (QED) is 0.138. The number of ether oxygens (including phenoxy) is 2. The molecule has 38 heavy (non-hydrogen) atoms. The number of hydrogen-bond donors (Lipinski definition) is 1. The molecular weight excluding hydrogens is 543 g/mol. The molecule has 1 heterocycles. The maximum atomic E-state index is 13.5. The van der Waals surface area contributed by atoms with Gasteiger partial charge < -0.3 is 9.47 Å². The Hall–Kier alpha value is -3.65. The van der Waals surface area contributed by atoms with Crippen LogP contribution < -0.4 is 19.7 Å². The lowest BCUT2D eigenvalue weighted by Gasteiger charge is -2.29. The minimum Gasteiger partial charge on any atom is -0.490 e. The number of allylic oxidation sites excluding steroid dienone is 1. The number of halogens is 2. The molecule has 4 rings (SSSR count). The fraction of sp³-hybridized carbons (Fsp3) is 0.138. The molecule has 0 unspecified atom stereocenters. The second-order valence-corrected chi connectivity index (χ2v) is 9.41. The summed E-state index contributed by atoms with van der Waals surface area (Å²) < 4.78 is 12.1. The van der Waals surface area contributed by atoms with Crippen LogP contribution in [0.1, 0.15) is 23.6 Å². The van der Waals surface area contributed by atoms with Crippen molar-refractivity contribution in [3.63, 3.8) is 0 Å². The van der Waals surface area contributed by atoms with E-state index in [1.54, 1.807) is 30.3 Å². The van der Waals surface area contributed by atoms with E-state index >= 15 is 0 Å². The molecule has 0 spiro atoms. The van der Waals surface area contributed by atoms with Gasteiger partial charge in [0.15, 0.2) is 16.6 Å². The number of hydrogen-bond acceptors (Lipinski definition) is 5. The van der Waals surface area contributed by atoms with Crippen LogP contribution in [0, 0.1) is 0 Å². The van der Waals surface area contributed by atoms with Gasteiger partial charge in [0.05, 0.1) is 22.3 Å². The van der Waals surface area contributed by atoms with Gasteiger partial charge in [0.2, 0.25) is 0 Å². The highest BCUT2D eigenvalue weighted by Crippen LogP contribution is 2.37. The van der Waals surface area contributed by atoms with E-state index in [-0.39, 0.29) is 26.4 Å². The van der Waals surface area contributed by atoms with Crippen molar-refractivity contribution in [2.75, 3.05) is 11.5 Å². The third-order valence-electron chi connectivity index (χ3n) is 5.63. The number of carbonyl (C=O) groups is 2. The molecule has 0 saturated carbocycles. The van der Waals surface area contributed by atoms with E-state index in [4.69, 9.17) is 44.9 Å². The molecule has 1 aliphatic rings. The average molecular weight is 567 g/mol. The number of nitrogens with one attached hydrogen (secondary N) is 1. The standard InChI is InChI=1S/C29H24Cl2N2O4S/c1-3-9-20-14-19(16-24(36-4-2)26(20)37-17-18-10-6-5-7-11-18)15-21-27(34)32-29(38)33(28(21)35)23-13-8-12-22(30)25(23)31/h3,5-8,10-16H,1,4,9,17H2,2H3,(H,32,34,38)/b21-15+. The lowest BCUT2D eigenvalue weighted by molar-refractivity contribution is -0.122. The Balaban J connectivity index is 1.74. The smallest absolute Gasteiger partial charge is 0.270 e. The van der Waals surface area contributed by atoms with Gasteiger partial charge in [-0.3, -0.25) is 19.8 Å². The number of rotatable bonds is 9. The lowest BCUT2D eigenvalue weighted by atomic mass is 10.0. The van der Waals surface area contributed by atoms with Crippen LogP contribution in [0.5, 0.6) is 11.5 Å². The van der Waals surface area contributed by atoms with E-state index in [1.807, 2.05) is 43.3 Å². The van der Waals surface area contributed by atoms with Crippen molar-refractivity contribution >= 4 is 64.1 Å². The second kappa shape index (κ2) is 12.3. The van der Waals surface area contributed by atoms with Crippen LogP contribution >= 0.6 is 35.4 Å². The number of carbonyl (C=O) groups excluding carboxylic acids is 2. The first-order valence-corrected chi connectivity index (χ1v) is 12.9. The Morgan fingerprint density at radius 1 is 1.05 bits per heavy atom. The van der Waals surface area contributed by atoms with Crippen LogP contribution in [-0.2, 0) is 22.6 Å². The van der Waals surface area contributed by atoms with Crippen LogP contribution in [0.2, 0.25) is 10.0 Å². The summed E-state index contributed by atoms with van der Waals surface area (Å²) in [5.74, 6) is -0.188. The topological polar surface area (TPSA) is 67.9 Å². The lowest BCUT2D eigenvalue weighted by Crippen LogP contribution is -2.54. The van der Waals surface area contributed by atoms with Gasteiger partial charge in [-0.05, 0) is 67.0 Å². The number of thiocarbonyl (C=S) groups is 1. The Bertz CT molecular complexity index is 1440. The summed E-state index contributed by atoms with van der Waals surface area (Å²) in [7, 11) is 0. The van der Waals surface area contributed by atoms with Crippen LogP contribution in [-0.4, -0.2) is 23.5 Å². The monoisotopic (exact) mass is 566 g/mol. The summed E-state index contributed by atoms with van der Waals surface area (Å²) >= 11 is 17.8. The Morgan fingerprint density at radius 3 is 2.53 bits per heavy atom. The van der Waals surface area contributed by atoms with Gasteiger partial charge in [-0.15, -0.1) is 6.58 Å². The average Bonchev–Trinajstić information content (AvgIpc) is 2.89. The molecular formula is C29H24Cl2N2O4S. The summed E-state index contributed by atoms with van der Waals surface area (Å²) in [4.78, 5) is 27.5. The molecule has 0 aliphatic carbocycles. The van der Waals surface area contributed by atoms with Crippen LogP contribution in [0.25, 0.3) is 6.08 Å². The van der Waals surface area contributed by atoms with Crippen molar-refractivity contribution in [2.24, 2.45) is 0 Å². The minimum absolute atomic E-state index is 0.0895. The van der Waals surface area contributed by atoms with Gasteiger partial charge in [-0.1, -0.05) is 65.7 Å². The number of anilines is 1. The summed E-state index contributed by atoms with van der Waals surface area (Å²) in [6, 6.07) is 18.2. The molecule has 9 heteroatoms. The highest BCUT2D eigenvalue weighted by Gasteiger charge is 2.35. The first kappa shape index (κ1) is 27.4. The van der Waals surface area contributed by atoms with Crippen LogP contribution in [0.15, 0.2) is 78.9 Å².